The van der Waals surface area contributed by atoms with E-state index in [1.165, 1.54) is 0 Å². The highest BCUT2D eigenvalue weighted by atomic mass is 19.2. The van der Waals surface area contributed by atoms with Crippen LogP contribution in [-0.4, -0.2) is 0 Å². The van der Waals surface area contributed by atoms with E-state index in [2.05, 4.69) is 13.0 Å². The molecular weight excluding hydrogens is 484 g/mol. The van der Waals surface area contributed by atoms with Gasteiger partial charge in [-0.1, -0.05) is 99.4 Å². The van der Waals surface area contributed by atoms with Gasteiger partial charge in [0.2, 0.25) is 0 Å². The number of aryl methyl sites for hydroxylation is 1. The second kappa shape index (κ2) is 13.1. The molecule has 0 saturated carbocycles. The van der Waals surface area contributed by atoms with Gasteiger partial charge in [-0.2, -0.15) is 0 Å². The third-order valence-electron chi connectivity index (χ3n) is 7.56. The third kappa shape index (κ3) is 6.28. The van der Waals surface area contributed by atoms with Crippen LogP contribution in [0.15, 0.2) is 66.8 Å². The van der Waals surface area contributed by atoms with Crippen molar-refractivity contribution in [2.45, 2.75) is 71.6 Å². The predicted octanol–water partition coefficient (Wildman–Crippen LogP) is 10.8. The number of halogens is 4. The molecule has 0 fully saturated rings. The molecule has 0 amide bonds. The van der Waals surface area contributed by atoms with Gasteiger partial charge in [0.15, 0.2) is 23.3 Å². The van der Waals surface area contributed by atoms with Gasteiger partial charge in [0.25, 0.3) is 0 Å². The molecule has 1 atom stereocenters. The molecule has 3 aromatic rings. The van der Waals surface area contributed by atoms with Crippen molar-refractivity contribution in [1.29, 1.82) is 0 Å². The smallest absolute Gasteiger partial charge is 0.167 e. The Kier molecular flexibility index (Phi) is 9.60. The zero-order chi connectivity index (χ0) is 27.1. The highest BCUT2D eigenvalue weighted by molar-refractivity contribution is 5.74. The predicted molar refractivity (Wildman–Crippen MR) is 150 cm³/mol. The van der Waals surface area contributed by atoms with Crippen molar-refractivity contribution in [2.24, 2.45) is 5.92 Å². The Morgan fingerprint density at radius 1 is 0.711 bits per heavy atom. The maximum atomic E-state index is 15.1. The summed E-state index contributed by atoms with van der Waals surface area (Å²) in [5.74, 6) is -2.98. The average molecular weight is 521 g/mol. The molecule has 0 aromatic heterocycles. The van der Waals surface area contributed by atoms with Crippen LogP contribution in [0, 0.1) is 29.2 Å². The minimum atomic E-state index is -0.896. The topological polar surface area (TPSA) is 0 Å². The Morgan fingerprint density at radius 2 is 1.29 bits per heavy atom. The van der Waals surface area contributed by atoms with E-state index in [1.54, 1.807) is 48.5 Å². The molecule has 0 aliphatic heterocycles. The van der Waals surface area contributed by atoms with E-state index < -0.39 is 23.3 Å². The lowest BCUT2D eigenvalue weighted by molar-refractivity contribution is 0.497. The van der Waals surface area contributed by atoms with Crippen LogP contribution in [0.5, 0.6) is 0 Å². The lowest BCUT2D eigenvalue weighted by atomic mass is 9.85. The fourth-order valence-electron chi connectivity index (χ4n) is 5.32. The number of hydrogen-bond donors (Lipinski definition) is 0. The van der Waals surface area contributed by atoms with Crippen molar-refractivity contribution in [3.05, 3.63) is 101 Å². The molecule has 4 heteroatoms. The fraction of sp³-hybridized carbons (Fsp3) is 0.353. The maximum Gasteiger partial charge on any atom is 0.167 e. The molecule has 0 nitrogen and oxygen atoms in total. The fourth-order valence-corrected chi connectivity index (χ4v) is 5.32. The summed E-state index contributed by atoms with van der Waals surface area (Å²) in [5, 5.41) is 0. The van der Waals surface area contributed by atoms with Gasteiger partial charge in [-0.05, 0) is 67.2 Å². The van der Waals surface area contributed by atoms with Crippen LogP contribution in [0.25, 0.3) is 27.8 Å². The van der Waals surface area contributed by atoms with Crippen LogP contribution in [0.4, 0.5) is 17.6 Å². The van der Waals surface area contributed by atoms with Crippen molar-refractivity contribution in [2.75, 3.05) is 0 Å². The van der Waals surface area contributed by atoms with E-state index in [4.69, 9.17) is 0 Å². The second-order valence-corrected chi connectivity index (χ2v) is 10.2. The molecule has 0 radical (unpaired) electrons. The van der Waals surface area contributed by atoms with E-state index >= 15 is 8.78 Å². The van der Waals surface area contributed by atoms with Crippen LogP contribution in [0.1, 0.15) is 76.3 Å². The number of unbranched alkanes of at least 4 members (excludes halogenated alkanes) is 4. The summed E-state index contributed by atoms with van der Waals surface area (Å²) in [5.41, 5.74) is 2.81. The summed E-state index contributed by atoms with van der Waals surface area (Å²) in [4.78, 5) is 0. The Hall–Kier alpha value is -3.14. The molecule has 1 aliphatic rings. The van der Waals surface area contributed by atoms with E-state index in [9.17, 15) is 8.78 Å². The van der Waals surface area contributed by atoms with Crippen LogP contribution < -0.4 is 0 Å². The Morgan fingerprint density at radius 3 is 1.89 bits per heavy atom. The molecule has 0 spiro atoms. The highest BCUT2D eigenvalue weighted by Gasteiger charge is 2.21. The number of benzene rings is 3. The monoisotopic (exact) mass is 520 g/mol. The summed E-state index contributed by atoms with van der Waals surface area (Å²) in [6.45, 7) is 4.13. The molecule has 0 N–H and O–H groups in total. The SMILES string of the molecule is CC=CC1CC=C(c2ccc(-c3ccc(-c4ccc(CCCCCCC)c(F)c4F)cc3)c(F)c2F)CC1. The van der Waals surface area contributed by atoms with Gasteiger partial charge in [-0.25, -0.2) is 17.6 Å². The van der Waals surface area contributed by atoms with Crippen molar-refractivity contribution in [1.82, 2.24) is 0 Å². The van der Waals surface area contributed by atoms with Crippen molar-refractivity contribution < 1.29 is 17.6 Å². The van der Waals surface area contributed by atoms with Crippen LogP contribution in [0.3, 0.4) is 0 Å². The molecule has 0 bridgehead atoms. The summed E-state index contributed by atoms with van der Waals surface area (Å²) < 4.78 is 59.9. The zero-order valence-corrected chi connectivity index (χ0v) is 22.3. The van der Waals surface area contributed by atoms with Crippen LogP contribution in [0.2, 0.25) is 0 Å². The normalized spacial score (nSPS) is 15.7. The van der Waals surface area contributed by atoms with Gasteiger partial charge in [-0.15, -0.1) is 0 Å². The number of hydrogen-bond acceptors (Lipinski definition) is 0. The maximum absolute atomic E-state index is 15.1. The van der Waals surface area contributed by atoms with E-state index in [-0.39, 0.29) is 11.1 Å². The van der Waals surface area contributed by atoms with Crippen LogP contribution in [-0.2, 0) is 6.42 Å². The third-order valence-corrected chi connectivity index (χ3v) is 7.56. The van der Waals surface area contributed by atoms with Gasteiger partial charge >= 0.3 is 0 Å². The summed E-state index contributed by atoms with van der Waals surface area (Å²) >= 11 is 0. The molecule has 0 heterocycles. The van der Waals surface area contributed by atoms with Gasteiger partial charge < -0.3 is 0 Å². The quantitative estimate of drug-likeness (QED) is 0.142. The Balaban J connectivity index is 1.51. The first kappa shape index (κ1) is 27.9. The lowest BCUT2D eigenvalue weighted by Crippen LogP contribution is -2.05. The second-order valence-electron chi connectivity index (χ2n) is 10.2. The van der Waals surface area contributed by atoms with Crippen molar-refractivity contribution >= 4 is 5.57 Å². The molecule has 200 valence electrons. The van der Waals surface area contributed by atoms with E-state index in [0.717, 1.165) is 50.5 Å². The first-order valence-corrected chi connectivity index (χ1v) is 13.8. The standard InChI is InChI=1S/C34H36F4/c1-3-5-6-7-8-10-27-19-20-28(32(36)31(27)35)25-15-17-26(18-16-25)30-22-21-29(33(37)34(30)38)24-13-11-23(9-4-2)12-14-24/h4,9,13,15-23H,3,5-8,10-12,14H2,1-2H3. The molecule has 1 unspecified atom stereocenters. The highest BCUT2D eigenvalue weighted by Crippen LogP contribution is 2.36. The summed E-state index contributed by atoms with van der Waals surface area (Å²) in [7, 11) is 0. The van der Waals surface area contributed by atoms with Crippen LogP contribution >= 0.6 is 0 Å². The molecule has 3 aromatic carbocycles. The molecule has 1 aliphatic carbocycles. The summed E-state index contributed by atoms with van der Waals surface area (Å²) in [6.07, 6.45) is 14.4. The number of rotatable bonds is 10. The first-order chi connectivity index (χ1) is 18.4. The molecular formula is C34H36F4. The largest absolute Gasteiger partial charge is 0.203 e. The summed E-state index contributed by atoms with van der Waals surface area (Å²) in [6, 6.07) is 13.0. The zero-order valence-electron chi connectivity index (χ0n) is 22.3. The molecule has 0 saturated heterocycles. The van der Waals surface area contributed by atoms with Gasteiger partial charge in [0.1, 0.15) is 0 Å². The van der Waals surface area contributed by atoms with E-state index in [0.29, 0.717) is 41.0 Å². The van der Waals surface area contributed by atoms with E-state index in [1.807, 2.05) is 19.1 Å². The average Bonchev–Trinajstić information content (AvgIpc) is 2.93. The minimum absolute atomic E-state index is 0.145. The van der Waals surface area contributed by atoms with Gasteiger partial charge in [0.05, 0.1) is 0 Å². The number of allylic oxidation sites excluding steroid dienone is 4. The Bertz CT molecular complexity index is 1300. The van der Waals surface area contributed by atoms with Gasteiger partial charge in [-0.3, -0.25) is 0 Å². The van der Waals surface area contributed by atoms with Gasteiger partial charge in [0, 0.05) is 16.7 Å². The lowest BCUT2D eigenvalue weighted by Gasteiger charge is -2.20. The minimum Gasteiger partial charge on any atom is -0.203 e. The van der Waals surface area contributed by atoms with Crippen molar-refractivity contribution in [3.63, 3.8) is 0 Å². The first-order valence-electron chi connectivity index (χ1n) is 13.8. The van der Waals surface area contributed by atoms with Crippen molar-refractivity contribution in [3.8, 4) is 22.3 Å². The molecule has 4 rings (SSSR count). The molecule has 38 heavy (non-hydrogen) atoms. The Labute approximate surface area is 224 Å².